The Morgan fingerprint density at radius 3 is 0.583 bits per heavy atom. The first-order valence-corrected chi connectivity index (χ1v) is 46.3. The smallest absolute Gasteiger partial charge is 0.129 e. The van der Waals surface area contributed by atoms with Crippen LogP contribution in [0, 0.1) is 47.4 Å². The standard InChI is InChI=1S/C102H82N2P4/c1-11-41-85(42-12-1)103-99-77-81-37-33-71-105(87-45-15-3-16-46-87,88-47-17-4-18-48-88)69-31-32-70-106(89-49-19-5-20-50-89,90-51-21-6-22-52-90)72-34-38-82-62-66-96-98-68-64-84(80-102(98)104(100(96)78-82)86-43-13-2-14-44-86)40-36-74-108(93-57-27-9-28-58-93,94-59-29-10-30-60-94)76-75-107(91-53-23-7-24-54-91,92-55-25-8-26-56-92)73-35-39-83-63-67-97(101(103)79-83)95(99)65-61-81/h1-30,41-68,77-80H,31-32,69-76H2/q+4. The van der Waals surface area contributed by atoms with Crippen molar-refractivity contribution >= 4 is 115 Å². The molecular formula is C102H82N2P4+4. The number of hydrogen-bond acceptors (Lipinski definition) is 0. The van der Waals surface area contributed by atoms with Crippen molar-refractivity contribution in [2.45, 2.75) is 12.8 Å². The Labute approximate surface area is 639 Å². The molecular weight excluding hydrogens is 1380 g/mol. The highest BCUT2D eigenvalue weighted by Crippen LogP contribution is 2.64. The van der Waals surface area contributed by atoms with Gasteiger partial charge in [0.1, 0.15) is 79.4 Å². The predicted molar refractivity (Wildman–Crippen MR) is 474 cm³/mol. The SMILES string of the molecule is C1#Cc2ccc3c4ccc(cc4n(-c4ccccc4)c3c2)C#CC[P+](c2ccccc2)(c2ccccc2)CC[P+](c2ccccc2)(c2ccccc2)CC#Cc2ccc3c4ccc(cc4n(-c4ccccc4)c3c2)C#CC[P+](c2ccccc2)(c2ccccc2)CCCC[P+](c2ccccc2)(c2ccccc2)C1. The summed E-state index contributed by atoms with van der Waals surface area (Å²) in [6.07, 6.45) is 8.99. The van der Waals surface area contributed by atoms with Crippen LogP contribution in [-0.2, 0) is 0 Å². The molecule has 3 heterocycles. The van der Waals surface area contributed by atoms with E-state index in [0.717, 1.165) is 106 Å². The lowest BCUT2D eigenvalue weighted by molar-refractivity contribution is 0.894. The van der Waals surface area contributed by atoms with Crippen LogP contribution in [0.2, 0.25) is 0 Å². The van der Waals surface area contributed by atoms with Crippen LogP contribution in [0.3, 0.4) is 0 Å². The summed E-state index contributed by atoms with van der Waals surface area (Å²) in [6.45, 7) is 0. The summed E-state index contributed by atoms with van der Waals surface area (Å²) in [5, 5.41) is 15.8. The monoisotopic (exact) mass is 1460 g/mol. The zero-order valence-corrected chi connectivity index (χ0v) is 64.1. The van der Waals surface area contributed by atoms with Crippen molar-refractivity contribution in [3.8, 4) is 58.7 Å². The van der Waals surface area contributed by atoms with E-state index in [4.69, 9.17) is 0 Å². The van der Waals surface area contributed by atoms with Gasteiger partial charge >= 0.3 is 0 Å². The minimum Gasteiger partial charge on any atom is -0.309 e. The molecule has 0 fully saturated rings. The lowest BCUT2D eigenvalue weighted by Gasteiger charge is -2.30. The molecule has 2 nitrogen and oxygen atoms in total. The summed E-state index contributed by atoms with van der Waals surface area (Å²) >= 11 is 0. The fourth-order valence-electron chi connectivity index (χ4n) is 16.7. The first-order valence-electron chi connectivity index (χ1n) is 37.6. The molecule has 516 valence electrons. The highest BCUT2D eigenvalue weighted by Gasteiger charge is 2.50. The molecule has 17 rings (SSSR count). The van der Waals surface area contributed by atoms with Gasteiger partial charge in [-0.15, -0.1) is 0 Å². The predicted octanol–water partition coefficient (Wildman–Crippen LogP) is 20.5. The zero-order chi connectivity index (χ0) is 72.4. The van der Waals surface area contributed by atoms with Crippen LogP contribution >= 0.6 is 29.0 Å². The molecule has 8 bridgehead atoms. The highest BCUT2D eigenvalue weighted by atomic mass is 31.2. The summed E-state index contributed by atoms with van der Waals surface area (Å²) in [4.78, 5) is 0. The van der Waals surface area contributed by atoms with E-state index in [-0.39, 0.29) is 0 Å². The van der Waals surface area contributed by atoms with Crippen LogP contribution in [-0.4, -0.2) is 58.4 Å². The topological polar surface area (TPSA) is 9.86 Å². The summed E-state index contributed by atoms with van der Waals surface area (Å²) in [7, 11) is -8.84. The minimum absolute atomic E-state index is 0.712. The fourth-order valence-corrected chi connectivity index (χ4v) is 33.6. The molecule has 0 saturated carbocycles. The van der Waals surface area contributed by atoms with E-state index < -0.39 is 29.0 Å². The zero-order valence-electron chi connectivity index (χ0n) is 60.6. The Bertz CT molecular complexity index is 5580. The second-order valence-electron chi connectivity index (χ2n) is 28.3. The lowest BCUT2D eigenvalue weighted by atomic mass is 10.1. The van der Waals surface area contributed by atoms with Gasteiger partial charge in [0.05, 0.1) is 63.4 Å². The van der Waals surface area contributed by atoms with Crippen molar-refractivity contribution in [3.63, 3.8) is 0 Å². The molecule has 0 saturated heterocycles. The van der Waals surface area contributed by atoms with Gasteiger partial charge in [-0.3, -0.25) is 0 Å². The summed E-state index contributed by atoms with van der Waals surface area (Å²) in [6, 6.07) is 140. The van der Waals surface area contributed by atoms with Crippen molar-refractivity contribution < 1.29 is 0 Å². The van der Waals surface area contributed by atoms with Crippen LogP contribution in [0.25, 0.3) is 55.0 Å². The molecule has 108 heavy (non-hydrogen) atoms. The van der Waals surface area contributed by atoms with E-state index in [1.54, 1.807) is 0 Å². The molecule has 0 unspecified atom stereocenters. The Kier molecular flexibility index (Phi) is 20.4. The Morgan fingerprint density at radius 2 is 0.380 bits per heavy atom. The van der Waals surface area contributed by atoms with Crippen molar-refractivity contribution in [1.29, 1.82) is 0 Å². The van der Waals surface area contributed by atoms with Gasteiger partial charge in [0, 0.05) is 55.2 Å². The van der Waals surface area contributed by atoms with Gasteiger partial charge in [-0.1, -0.05) is 254 Å². The normalized spacial score (nSPS) is 15.0. The second-order valence-corrected chi connectivity index (χ2v) is 43.2. The van der Waals surface area contributed by atoms with Gasteiger partial charge in [-0.2, -0.15) is 0 Å². The third-order valence-corrected chi connectivity index (χ3v) is 39.7. The summed E-state index contributed by atoms with van der Waals surface area (Å²) in [5.74, 6) is 31.2. The van der Waals surface area contributed by atoms with Gasteiger partial charge in [0.15, 0.2) is 0 Å². The third kappa shape index (κ3) is 13.9. The van der Waals surface area contributed by atoms with Gasteiger partial charge < -0.3 is 9.13 Å². The molecule has 0 amide bonds. The van der Waals surface area contributed by atoms with Crippen molar-refractivity contribution in [2.24, 2.45) is 0 Å². The first-order chi connectivity index (χ1) is 53.5. The first kappa shape index (κ1) is 69.7. The van der Waals surface area contributed by atoms with Gasteiger partial charge in [0.2, 0.25) is 0 Å². The number of fused-ring (bicyclic) bond motifs is 6. The van der Waals surface area contributed by atoms with E-state index >= 15 is 0 Å². The lowest BCUT2D eigenvalue weighted by Crippen LogP contribution is -2.33. The van der Waals surface area contributed by atoms with E-state index in [9.17, 15) is 0 Å². The molecule has 2 aromatic heterocycles. The molecule has 0 radical (unpaired) electrons. The second kappa shape index (κ2) is 31.6. The van der Waals surface area contributed by atoms with E-state index in [2.05, 4.69) is 433 Å². The van der Waals surface area contributed by atoms with Gasteiger partial charge in [-0.25, -0.2) is 0 Å². The van der Waals surface area contributed by atoms with E-state index in [1.165, 1.54) is 64.0 Å². The number of benzene rings is 14. The third-order valence-electron chi connectivity index (χ3n) is 22.1. The summed E-state index contributed by atoms with van der Waals surface area (Å²) in [5.41, 5.74) is 10.7. The number of aromatic nitrogens is 2. The Hall–Kier alpha value is -11.4. The van der Waals surface area contributed by atoms with Gasteiger partial charge in [-0.05, 0) is 183 Å². The van der Waals surface area contributed by atoms with E-state index in [1.807, 2.05) is 0 Å². The molecule has 1 aliphatic heterocycles. The minimum atomic E-state index is -2.30. The fraction of sp³-hybridized carbons (Fsp3) is 0.0980. The number of hydrogen-bond donors (Lipinski definition) is 0. The average molecular weight is 1460 g/mol. The maximum atomic E-state index is 3.98. The van der Waals surface area contributed by atoms with Crippen molar-refractivity contribution in [2.75, 3.05) is 49.3 Å². The molecule has 16 aromatic rings. The largest absolute Gasteiger partial charge is 0.309 e. The quantitative estimate of drug-likeness (QED) is 0.0954. The molecule has 1 aliphatic rings. The van der Waals surface area contributed by atoms with Crippen LogP contribution in [0.1, 0.15) is 35.1 Å². The molecule has 0 atom stereocenters. The Morgan fingerprint density at radius 1 is 0.194 bits per heavy atom. The van der Waals surface area contributed by atoms with Crippen LogP contribution in [0.5, 0.6) is 0 Å². The number of nitrogens with zero attached hydrogens (tertiary/aromatic N) is 2. The average Bonchev–Trinajstić information content (AvgIpc) is 1.57. The summed E-state index contributed by atoms with van der Waals surface area (Å²) < 4.78 is 4.86. The molecule has 14 aromatic carbocycles. The van der Waals surface area contributed by atoms with Crippen LogP contribution < -0.4 is 42.4 Å². The van der Waals surface area contributed by atoms with Crippen molar-refractivity contribution in [1.82, 2.24) is 9.13 Å². The molecule has 6 heteroatoms. The van der Waals surface area contributed by atoms with Crippen LogP contribution in [0.4, 0.5) is 0 Å². The molecule has 0 spiro atoms. The van der Waals surface area contributed by atoms with Crippen molar-refractivity contribution in [3.05, 3.63) is 398 Å². The number of rotatable bonds is 10. The number of para-hydroxylation sites is 2. The molecule has 0 N–H and O–H groups in total. The maximum absolute atomic E-state index is 3.98. The van der Waals surface area contributed by atoms with E-state index in [0.29, 0.717) is 12.3 Å². The Balaban J connectivity index is 0.851. The highest BCUT2D eigenvalue weighted by molar-refractivity contribution is 7.93. The maximum Gasteiger partial charge on any atom is 0.129 e. The van der Waals surface area contributed by atoms with Gasteiger partial charge in [0.25, 0.3) is 0 Å². The van der Waals surface area contributed by atoms with Crippen LogP contribution in [0.15, 0.2) is 376 Å². The molecule has 0 aliphatic carbocycles.